The van der Waals surface area contributed by atoms with Crippen molar-refractivity contribution in [1.29, 1.82) is 0 Å². The highest BCUT2D eigenvalue weighted by Crippen LogP contribution is 2.21. The van der Waals surface area contributed by atoms with E-state index in [0.29, 0.717) is 13.1 Å². The van der Waals surface area contributed by atoms with E-state index < -0.39 is 12.7 Å². The minimum Gasteiger partial charge on any atom is -0.337 e. The number of hydrogen-bond donors (Lipinski definition) is 2. The average Bonchev–Trinajstić information content (AvgIpc) is 2.75. The fourth-order valence-electron chi connectivity index (χ4n) is 1.97. The summed E-state index contributed by atoms with van der Waals surface area (Å²) in [5.74, 6) is 0.0815. The highest BCUT2D eigenvalue weighted by atomic mass is 19.1. The zero-order valence-electron chi connectivity index (χ0n) is 10.1. The van der Waals surface area contributed by atoms with E-state index in [1.807, 2.05) is 0 Å². The Kier molecular flexibility index (Phi) is 2.82. The van der Waals surface area contributed by atoms with E-state index >= 15 is 0 Å². The van der Waals surface area contributed by atoms with E-state index in [2.05, 4.69) is 15.9 Å². The van der Waals surface area contributed by atoms with Gasteiger partial charge in [0.2, 0.25) is 0 Å². The van der Waals surface area contributed by atoms with Gasteiger partial charge in [0, 0.05) is 13.1 Å². The second-order valence-corrected chi connectivity index (χ2v) is 4.32. The van der Waals surface area contributed by atoms with Crippen molar-refractivity contribution in [1.82, 2.24) is 25.0 Å². The molecule has 9 heteroatoms. The topological polar surface area (TPSA) is 82.5 Å². The van der Waals surface area contributed by atoms with Crippen LogP contribution in [0.5, 0.6) is 0 Å². The van der Waals surface area contributed by atoms with E-state index in [0.717, 1.165) is 11.4 Å². The monoisotopic (exact) mass is 268 g/mol. The van der Waals surface area contributed by atoms with E-state index in [-0.39, 0.29) is 24.0 Å². The molecular formula is C10H13FN6O2. The normalized spacial score (nSPS) is 17.8. The molecule has 1 fully saturated rings. The number of imidazole rings is 1. The third-order valence-corrected chi connectivity index (χ3v) is 3.17. The molecule has 0 bridgehead atoms. The standard InChI is InChI=1S/C10H13FN6O2/c11-2-5-17-10(19)16-6-12-7(8(16)13-14-17)9(18)15-3-1-4-15/h6,13-14H,1-5H2. The Bertz CT molecular complexity index is 526. The fraction of sp³-hybridized carbons (Fsp3) is 0.500. The lowest BCUT2D eigenvalue weighted by atomic mass is 10.2. The first-order valence-corrected chi connectivity index (χ1v) is 5.98. The maximum atomic E-state index is 12.3. The number of aromatic nitrogens is 2. The second-order valence-electron chi connectivity index (χ2n) is 4.32. The molecule has 102 valence electrons. The van der Waals surface area contributed by atoms with Gasteiger partial charge in [-0.3, -0.25) is 10.2 Å². The number of likely N-dealkylation sites (tertiary alicyclic amines) is 1. The minimum absolute atomic E-state index is 0.0845. The first-order valence-electron chi connectivity index (χ1n) is 5.98. The number of anilines is 1. The Balaban J connectivity index is 1.86. The summed E-state index contributed by atoms with van der Waals surface area (Å²) in [6, 6.07) is -0.471. The predicted octanol–water partition coefficient (Wildman–Crippen LogP) is -0.186. The lowest BCUT2D eigenvalue weighted by molar-refractivity contribution is 0.0647. The third-order valence-electron chi connectivity index (χ3n) is 3.17. The number of halogens is 1. The third kappa shape index (κ3) is 1.82. The maximum Gasteiger partial charge on any atom is 0.346 e. The number of rotatable bonds is 3. The molecule has 2 aliphatic rings. The number of hydrazine groups is 2. The van der Waals surface area contributed by atoms with Gasteiger partial charge in [-0.05, 0) is 6.42 Å². The summed E-state index contributed by atoms with van der Waals surface area (Å²) < 4.78 is 13.5. The largest absolute Gasteiger partial charge is 0.346 e. The summed E-state index contributed by atoms with van der Waals surface area (Å²) >= 11 is 0. The highest BCUT2D eigenvalue weighted by molar-refractivity contribution is 5.99. The van der Waals surface area contributed by atoms with Crippen LogP contribution in [0, 0.1) is 0 Å². The van der Waals surface area contributed by atoms with Crippen LogP contribution in [0.2, 0.25) is 0 Å². The number of nitrogens with one attached hydrogen (secondary N) is 2. The van der Waals surface area contributed by atoms with Crippen molar-refractivity contribution >= 4 is 17.8 Å². The Hall–Kier alpha value is -2.16. The summed E-state index contributed by atoms with van der Waals surface area (Å²) in [7, 11) is 0. The van der Waals surface area contributed by atoms with Gasteiger partial charge in [-0.2, -0.15) is 0 Å². The van der Waals surface area contributed by atoms with Crippen molar-refractivity contribution < 1.29 is 14.0 Å². The van der Waals surface area contributed by atoms with Gasteiger partial charge in [-0.1, -0.05) is 0 Å². The Labute approximate surface area is 108 Å². The van der Waals surface area contributed by atoms with Crippen LogP contribution in [0.25, 0.3) is 0 Å². The number of hydrogen-bond acceptors (Lipinski definition) is 5. The summed E-state index contributed by atoms with van der Waals surface area (Å²) in [5.41, 5.74) is 5.44. The van der Waals surface area contributed by atoms with Crippen LogP contribution in [-0.4, -0.2) is 57.7 Å². The molecule has 1 saturated heterocycles. The number of amides is 2. The van der Waals surface area contributed by atoms with Crippen LogP contribution >= 0.6 is 0 Å². The number of carbonyl (C=O) groups is 2. The molecule has 0 aromatic carbocycles. The van der Waals surface area contributed by atoms with Gasteiger partial charge in [0.15, 0.2) is 11.5 Å². The Morgan fingerprint density at radius 3 is 2.89 bits per heavy atom. The molecule has 3 heterocycles. The van der Waals surface area contributed by atoms with Gasteiger partial charge in [-0.25, -0.2) is 23.7 Å². The molecule has 0 aliphatic carbocycles. The SMILES string of the molecule is O=C(c1ncn2c1NNN(CCF)C2=O)N1CCC1. The fourth-order valence-corrected chi connectivity index (χ4v) is 1.97. The van der Waals surface area contributed by atoms with Crippen LogP contribution in [0.3, 0.4) is 0 Å². The molecule has 1 aromatic heterocycles. The molecule has 3 rings (SSSR count). The molecule has 0 saturated carbocycles. The molecule has 0 spiro atoms. The predicted molar refractivity (Wildman–Crippen MR) is 63.0 cm³/mol. The molecule has 0 unspecified atom stereocenters. The van der Waals surface area contributed by atoms with Crippen molar-refractivity contribution in [3.63, 3.8) is 0 Å². The van der Waals surface area contributed by atoms with E-state index in [9.17, 15) is 14.0 Å². The van der Waals surface area contributed by atoms with E-state index in [4.69, 9.17) is 0 Å². The smallest absolute Gasteiger partial charge is 0.337 e. The van der Waals surface area contributed by atoms with Gasteiger partial charge >= 0.3 is 6.03 Å². The minimum atomic E-state index is -0.663. The molecule has 0 atom stereocenters. The van der Waals surface area contributed by atoms with Crippen molar-refractivity contribution in [2.45, 2.75) is 6.42 Å². The van der Waals surface area contributed by atoms with Crippen molar-refractivity contribution in [3.8, 4) is 0 Å². The van der Waals surface area contributed by atoms with Crippen molar-refractivity contribution in [2.24, 2.45) is 0 Å². The Morgan fingerprint density at radius 1 is 1.47 bits per heavy atom. The first kappa shape index (κ1) is 11.9. The second kappa shape index (κ2) is 4.50. The molecule has 2 aliphatic heterocycles. The maximum absolute atomic E-state index is 12.3. The molecule has 2 amide bonds. The van der Waals surface area contributed by atoms with Crippen LogP contribution in [0.4, 0.5) is 15.0 Å². The van der Waals surface area contributed by atoms with Gasteiger partial charge in [0.1, 0.15) is 13.0 Å². The molecule has 2 N–H and O–H groups in total. The summed E-state index contributed by atoms with van der Waals surface area (Å²) in [5, 5.41) is 1.08. The Morgan fingerprint density at radius 2 is 2.26 bits per heavy atom. The molecule has 0 radical (unpaired) electrons. The number of nitrogens with zero attached hydrogens (tertiary/aromatic N) is 4. The van der Waals surface area contributed by atoms with Gasteiger partial charge in [0.25, 0.3) is 5.91 Å². The van der Waals surface area contributed by atoms with Crippen LogP contribution in [0.15, 0.2) is 6.33 Å². The molecule has 8 nitrogen and oxygen atoms in total. The summed E-state index contributed by atoms with van der Waals surface area (Å²) in [4.78, 5) is 29.7. The van der Waals surface area contributed by atoms with Crippen molar-refractivity contribution in [2.75, 3.05) is 31.7 Å². The lowest BCUT2D eigenvalue weighted by Crippen LogP contribution is -2.53. The number of carbonyl (C=O) groups excluding carboxylic acids is 2. The number of fused-ring (bicyclic) bond motifs is 1. The van der Waals surface area contributed by atoms with Gasteiger partial charge in [-0.15, -0.1) is 5.53 Å². The van der Waals surface area contributed by atoms with Crippen molar-refractivity contribution in [3.05, 3.63) is 12.0 Å². The van der Waals surface area contributed by atoms with Gasteiger partial charge in [0.05, 0.1) is 6.54 Å². The van der Waals surface area contributed by atoms with E-state index in [1.54, 1.807) is 4.90 Å². The van der Waals surface area contributed by atoms with Crippen LogP contribution < -0.4 is 11.0 Å². The average molecular weight is 268 g/mol. The van der Waals surface area contributed by atoms with Gasteiger partial charge < -0.3 is 4.90 Å². The highest BCUT2D eigenvalue weighted by Gasteiger charge is 2.32. The zero-order valence-corrected chi connectivity index (χ0v) is 10.1. The quantitative estimate of drug-likeness (QED) is 0.794. The van der Waals surface area contributed by atoms with Crippen LogP contribution in [-0.2, 0) is 0 Å². The summed E-state index contributed by atoms with van der Waals surface area (Å²) in [6.45, 7) is 0.670. The molecule has 1 aromatic rings. The van der Waals surface area contributed by atoms with E-state index in [1.165, 1.54) is 10.9 Å². The van der Waals surface area contributed by atoms with Crippen LogP contribution in [0.1, 0.15) is 16.9 Å². The zero-order chi connectivity index (χ0) is 13.4. The lowest BCUT2D eigenvalue weighted by Gasteiger charge is -2.32. The number of alkyl halides is 1. The molecule has 19 heavy (non-hydrogen) atoms. The molecular weight excluding hydrogens is 255 g/mol. The summed E-state index contributed by atoms with van der Waals surface area (Å²) in [6.07, 6.45) is 2.25. The first-order chi connectivity index (χ1) is 9.22.